The number of pyridine rings is 1. The lowest BCUT2D eigenvalue weighted by atomic mass is 10.0. The summed E-state index contributed by atoms with van der Waals surface area (Å²) in [6, 6.07) is 11.9. The highest BCUT2D eigenvalue weighted by atomic mass is 35.5. The van der Waals surface area contributed by atoms with Gasteiger partial charge in [0.15, 0.2) is 6.61 Å². The minimum atomic E-state index is -0.716. The number of hydrogen-bond acceptors (Lipinski definition) is 5. The first-order chi connectivity index (χ1) is 16.7. The third kappa shape index (κ3) is 5.63. The Balaban J connectivity index is 1.63. The van der Waals surface area contributed by atoms with Gasteiger partial charge in [0.05, 0.1) is 26.8 Å². The number of carbonyl (C=O) groups excluding carboxylic acids is 3. The van der Waals surface area contributed by atoms with Crippen LogP contribution in [0.1, 0.15) is 47.4 Å². The number of carbonyl (C=O) groups is 3. The van der Waals surface area contributed by atoms with Crippen molar-refractivity contribution in [2.24, 2.45) is 0 Å². The van der Waals surface area contributed by atoms with Gasteiger partial charge in [0.1, 0.15) is 0 Å². The van der Waals surface area contributed by atoms with Crippen LogP contribution in [-0.2, 0) is 16.0 Å². The van der Waals surface area contributed by atoms with E-state index < -0.39 is 24.5 Å². The van der Waals surface area contributed by atoms with E-state index in [9.17, 15) is 14.4 Å². The average molecular weight is 512 g/mol. The van der Waals surface area contributed by atoms with Gasteiger partial charge in [0.2, 0.25) is 0 Å². The first kappa shape index (κ1) is 24.7. The number of ether oxygens (including phenoxy) is 1. The minimum Gasteiger partial charge on any atom is -0.452 e. The average Bonchev–Trinajstić information content (AvgIpc) is 3.19. The lowest BCUT2D eigenvalue weighted by Crippen LogP contribution is -2.44. The van der Waals surface area contributed by atoms with E-state index in [2.05, 4.69) is 10.6 Å². The highest BCUT2D eigenvalue weighted by Crippen LogP contribution is 2.38. The van der Waals surface area contributed by atoms with Crippen molar-refractivity contribution in [1.29, 1.82) is 0 Å². The van der Waals surface area contributed by atoms with E-state index in [4.69, 9.17) is 32.9 Å². The fraction of sp³-hybridized carbons (Fsp3) is 0.231. The predicted octanol–water partition coefficient (Wildman–Crippen LogP) is 5.42. The molecule has 180 valence electrons. The van der Waals surface area contributed by atoms with Crippen molar-refractivity contribution in [3.05, 3.63) is 74.9 Å². The van der Waals surface area contributed by atoms with Crippen LogP contribution in [0, 0.1) is 0 Å². The summed E-state index contributed by atoms with van der Waals surface area (Å²) >= 11 is 12.2. The van der Waals surface area contributed by atoms with E-state index in [1.165, 1.54) is 0 Å². The molecule has 9 heteroatoms. The molecule has 0 fully saturated rings. The van der Waals surface area contributed by atoms with Gasteiger partial charge in [-0.2, -0.15) is 0 Å². The highest BCUT2D eigenvalue weighted by molar-refractivity contribution is 6.42. The van der Waals surface area contributed by atoms with Crippen LogP contribution < -0.4 is 10.6 Å². The van der Waals surface area contributed by atoms with Crippen molar-refractivity contribution in [2.75, 3.05) is 6.61 Å². The molecular weight excluding hydrogens is 489 g/mol. The quantitative estimate of drug-likeness (QED) is 0.445. The van der Waals surface area contributed by atoms with E-state index in [0.717, 1.165) is 16.7 Å². The largest absolute Gasteiger partial charge is 0.452 e. The van der Waals surface area contributed by atoms with Gasteiger partial charge in [-0.25, -0.2) is 14.6 Å². The summed E-state index contributed by atoms with van der Waals surface area (Å²) in [4.78, 5) is 41.8. The van der Waals surface area contributed by atoms with Gasteiger partial charge in [0, 0.05) is 11.4 Å². The van der Waals surface area contributed by atoms with E-state index >= 15 is 0 Å². The van der Waals surface area contributed by atoms with Crippen LogP contribution in [0.4, 0.5) is 4.79 Å². The Morgan fingerprint density at radius 2 is 1.86 bits per heavy atom. The fourth-order valence-electron chi connectivity index (χ4n) is 3.98. The Labute approximate surface area is 212 Å². The molecule has 35 heavy (non-hydrogen) atoms. The number of halogens is 2. The van der Waals surface area contributed by atoms with Crippen LogP contribution in [0.3, 0.4) is 0 Å². The number of hydrogen-bond donors (Lipinski definition) is 2. The molecule has 0 radical (unpaired) electrons. The van der Waals surface area contributed by atoms with Crippen molar-refractivity contribution >= 4 is 63.7 Å². The third-order valence-electron chi connectivity index (χ3n) is 5.44. The summed E-state index contributed by atoms with van der Waals surface area (Å²) < 4.78 is 5.30. The molecule has 1 aliphatic rings. The fourth-order valence-corrected chi connectivity index (χ4v) is 4.29. The second-order valence-electron chi connectivity index (χ2n) is 8.43. The summed E-state index contributed by atoms with van der Waals surface area (Å²) in [7, 11) is 0. The van der Waals surface area contributed by atoms with E-state index in [1.807, 2.05) is 30.3 Å². The van der Waals surface area contributed by atoms with Gasteiger partial charge < -0.3 is 10.1 Å². The van der Waals surface area contributed by atoms with Crippen LogP contribution in [0.2, 0.25) is 10.0 Å². The zero-order valence-electron chi connectivity index (χ0n) is 19.2. The number of imide groups is 1. The zero-order chi connectivity index (χ0) is 25.1. The summed E-state index contributed by atoms with van der Waals surface area (Å²) in [6.07, 6.45) is 3.24. The van der Waals surface area contributed by atoms with E-state index in [1.54, 1.807) is 32.0 Å². The molecule has 3 amide bonds. The Morgan fingerprint density at radius 1 is 1.09 bits per heavy atom. The summed E-state index contributed by atoms with van der Waals surface area (Å²) in [5, 5.41) is 6.25. The van der Waals surface area contributed by atoms with Gasteiger partial charge >= 0.3 is 12.0 Å². The van der Waals surface area contributed by atoms with Crippen LogP contribution in [0.5, 0.6) is 0 Å². The second kappa shape index (κ2) is 10.5. The Hall–Kier alpha value is -3.42. The number of esters is 1. The Kier molecular flexibility index (Phi) is 7.38. The molecule has 1 aromatic heterocycles. The smallest absolute Gasteiger partial charge is 0.339 e. The van der Waals surface area contributed by atoms with Crippen molar-refractivity contribution in [2.45, 2.75) is 32.7 Å². The molecule has 0 bridgehead atoms. The zero-order valence-corrected chi connectivity index (χ0v) is 20.7. The number of urea groups is 1. The number of aromatic nitrogens is 1. The molecule has 0 saturated carbocycles. The molecule has 2 N–H and O–H groups in total. The van der Waals surface area contributed by atoms with E-state index in [0.29, 0.717) is 45.0 Å². The summed E-state index contributed by atoms with van der Waals surface area (Å²) in [5.41, 5.74) is 4.32. The first-order valence-corrected chi connectivity index (χ1v) is 11.8. The molecular formula is C26H23Cl2N3O4. The second-order valence-corrected chi connectivity index (χ2v) is 9.24. The molecule has 0 atom stereocenters. The number of para-hydroxylation sites is 1. The summed E-state index contributed by atoms with van der Waals surface area (Å²) in [5.74, 6) is -1.36. The maximum Gasteiger partial charge on any atom is 0.339 e. The van der Waals surface area contributed by atoms with Crippen LogP contribution in [0.15, 0.2) is 42.5 Å². The number of amides is 3. The summed E-state index contributed by atoms with van der Waals surface area (Å²) in [6.45, 7) is 2.95. The monoisotopic (exact) mass is 511 g/mol. The molecule has 7 nitrogen and oxygen atoms in total. The van der Waals surface area contributed by atoms with Gasteiger partial charge in [0.25, 0.3) is 5.91 Å². The Morgan fingerprint density at radius 3 is 2.60 bits per heavy atom. The lowest BCUT2D eigenvalue weighted by Gasteiger charge is -2.13. The van der Waals surface area contributed by atoms with Gasteiger partial charge in [-0.3, -0.25) is 10.1 Å². The molecule has 0 aliphatic heterocycles. The Bertz CT molecular complexity index is 1370. The van der Waals surface area contributed by atoms with E-state index in [-0.39, 0.29) is 6.04 Å². The molecule has 0 saturated heterocycles. The molecule has 1 aliphatic carbocycles. The number of allylic oxidation sites excluding steroid dienone is 1. The molecule has 1 heterocycles. The number of nitrogens with zero attached hydrogens (tertiary/aromatic N) is 1. The maximum atomic E-state index is 13.2. The van der Waals surface area contributed by atoms with Gasteiger partial charge in [-0.05, 0) is 67.7 Å². The predicted molar refractivity (Wildman–Crippen MR) is 136 cm³/mol. The van der Waals surface area contributed by atoms with Crippen molar-refractivity contribution < 1.29 is 19.1 Å². The lowest BCUT2D eigenvalue weighted by molar-refractivity contribution is -0.123. The van der Waals surface area contributed by atoms with Crippen molar-refractivity contribution in [1.82, 2.24) is 15.6 Å². The van der Waals surface area contributed by atoms with Crippen molar-refractivity contribution in [3.8, 4) is 0 Å². The van der Waals surface area contributed by atoms with Gasteiger partial charge in [-0.1, -0.05) is 47.5 Å². The topological polar surface area (TPSA) is 97.4 Å². The molecule has 2 aromatic carbocycles. The standard InChI is InChI=1S/C26H23Cl2N3O4/c1-14(2)29-26(34)31-22(32)13-35-25(33)23-17-5-3-4-6-21(17)30-24-16(8-9-18(23)24)11-15-7-10-19(27)20(28)12-15/h3-7,10-12,14H,8-9,13H2,1-2H3,(H2,29,31,32,34). The first-order valence-electron chi connectivity index (χ1n) is 11.1. The number of nitrogens with one attached hydrogen (secondary N) is 2. The highest BCUT2D eigenvalue weighted by Gasteiger charge is 2.28. The number of fused-ring (bicyclic) bond motifs is 2. The van der Waals surface area contributed by atoms with Gasteiger partial charge in [-0.15, -0.1) is 0 Å². The van der Waals surface area contributed by atoms with Crippen LogP contribution >= 0.6 is 23.2 Å². The normalized spacial score (nSPS) is 13.7. The minimum absolute atomic E-state index is 0.137. The number of benzene rings is 2. The van der Waals surface area contributed by atoms with Crippen LogP contribution in [0.25, 0.3) is 22.6 Å². The third-order valence-corrected chi connectivity index (χ3v) is 6.18. The van der Waals surface area contributed by atoms with Crippen LogP contribution in [-0.4, -0.2) is 35.5 Å². The van der Waals surface area contributed by atoms with Crippen molar-refractivity contribution in [3.63, 3.8) is 0 Å². The molecule has 0 unspecified atom stereocenters. The molecule has 4 rings (SSSR count). The molecule has 0 spiro atoms. The maximum absolute atomic E-state index is 13.2. The molecule has 3 aromatic rings. The SMILES string of the molecule is CC(C)NC(=O)NC(=O)COC(=O)c1c2c(nc3ccccc13)C(=Cc1ccc(Cl)c(Cl)c1)CC2. The number of rotatable bonds is 5.